The third kappa shape index (κ3) is 5.88. The van der Waals surface area contributed by atoms with E-state index in [0.717, 1.165) is 11.6 Å². The van der Waals surface area contributed by atoms with Gasteiger partial charge in [0.1, 0.15) is 17.3 Å². The summed E-state index contributed by atoms with van der Waals surface area (Å²) in [6.45, 7) is 11.2. The highest BCUT2D eigenvalue weighted by molar-refractivity contribution is 5.93. The van der Waals surface area contributed by atoms with E-state index >= 15 is 4.39 Å². The topological polar surface area (TPSA) is 110 Å². The highest BCUT2D eigenvalue weighted by Gasteiger charge is 2.36. The number of aromatic nitrogens is 4. The zero-order valence-electron chi connectivity index (χ0n) is 25.6. The largest absolute Gasteiger partial charge is 0.355 e. The maximum atomic E-state index is 15.9. The molecule has 45 heavy (non-hydrogen) atoms. The molecule has 234 valence electrons. The molecular formula is C33H34F3N7O2. The van der Waals surface area contributed by atoms with Gasteiger partial charge < -0.3 is 15.5 Å². The molecule has 0 radical (unpaired) electrons. The molecule has 2 atom stereocenters. The molecule has 3 aromatic heterocycles. The maximum Gasteiger partial charge on any atom is 0.355 e. The number of carbonyl (C=O) groups excluding carboxylic acids is 1. The monoisotopic (exact) mass is 617 g/mol. The normalized spacial score (nSPS) is 18.1. The van der Waals surface area contributed by atoms with Gasteiger partial charge in [-0.25, -0.2) is 27.5 Å². The zero-order chi connectivity index (χ0) is 32.6. The summed E-state index contributed by atoms with van der Waals surface area (Å²) >= 11 is 0. The van der Waals surface area contributed by atoms with Gasteiger partial charge in [-0.3, -0.25) is 9.78 Å². The third-order valence-corrected chi connectivity index (χ3v) is 8.00. The minimum Gasteiger partial charge on any atom is -0.349 e. The Morgan fingerprint density at radius 2 is 1.96 bits per heavy atom. The molecule has 2 aliphatic rings. The second kappa shape index (κ2) is 12.7. The van der Waals surface area contributed by atoms with Crippen molar-refractivity contribution in [1.82, 2.24) is 24.4 Å². The van der Waals surface area contributed by atoms with E-state index in [4.69, 9.17) is 5.73 Å². The van der Waals surface area contributed by atoms with E-state index in [1.807, 2.05) is 13.8 Å². The molecule has 0 aromatic carbocycles. The summed E-state index contributed by atoms with van der Waals surface area (Å²) < 4.78 is 45.9. The Bertz CT molecular complexity index is 1900. The van der Waals surface area contributed by atoms with E-state index in [-0.39, 0.29) is 47.1 Å². The fourth-order valence-electron chi connectivity index (χ4n) is 5.79. The lowest BCUT2D eigenvalue weighted by Crippen LogP contribution is -2.58. The van der Waals surface area contributed by atoms with Crippen LogP contribution in [0.4, 0.5) is 19.0 Å². The fourth-order valence-corrected chi connectivity index (χ4v) is 5.79. The molecule has 9 nitrogen and oxygen atoms in total. The van der Waals surface area contributed by atoms with Crippen molar-refractivity contribution in [3.8, 4) is 5.69 Å². The van der Waals surface area contributed by atoms with Crippen LogP contribution < -0.4 is 16.3 Å². The predicted octanol–water partition coefficient (Wildman–Crippen LogP) is 4.80. The molecule has 1 amide bonds. The molecule has 12 heteroatoms. The standard InChI is InChI=1S/C33H34F3N7O2/c1-18(2)27-29(22(9-8-13-37)12-14-38-27)43-31-24(15-26(36)28(39-31)23-10-6-7-11-25(23)35)30(40-33(43)45)41-16-20(4)42(17-19(41)3)32(44)21(5)34/h7,11-12,14-15,18-20H,5,8-9,13,16-17,37H2,1-4H3/t19-,20+/m0/s1. The maximum absolute atomic E-state index is 15.9. The van der Waals surface area contributed by atoms with Gasteiger partial charge in [-0.2, -0.15) is 4.98 Å². The number of carbonyl (C=O) groups is 1. The Hall–Kier alpha value is -4.76. The van der Waals surface area contributed by atoms with Crippen LogP contribution in [-0.2, 0) is 11.2 Å². The van der Waals surface area contributed by atoms with Gasteiger partial charge in [0, 0.05) is 31.4 Å². The Morgan fingerprint density at radius 1 is 1.20 bits per heavy atom. The van der Waals surface area contributed by atoms with Gasteiger partial charge in [-0.1, -0.05) is 31.9 Å². The van der Waals surface area contributed by atoms with Crippen molar-refractivity contribution < 1.29 is 18.0 Å². The summed E-state index contributed by atoms with van der Waals surface area (Å²) in [6.07, 6.45) is 5.26. The van der Waals surface area contributed by atoms with Crippen LogP contribution in [0.2, 0.25) is 0 Å². The van der Waals surface area contributed by atoms with Crippen molar-refractivity contribution in [1.29, 1.82) is 0 Å². The number of pyridine rings is 2. The Balaban J connectivity index is 1.82. The molecule has 1 aliphatic heterocycles. The fraction of sp³-hybridized carbons (Fsp3) is 0.364. The van der Waals surface area contributed by atoms with Crippen LogP contribution in [0.15, 0.2) is 65.0 Å². The number of anilines is 1. The number of allylic oxidation sites excluding steroid dienone is 4. The van der Waals surface area contributed by atoms with Gasteiger partial charge in [0.2, 0.25) is 0 Å². The van der Waals surface area contributed by atoms with Crippen LogP contribution in [0.3, 0.4) is 0 Å². The summed E-state index contributed by atoms with van der Waals surface area (Å²) in [4.78, 5) is 43.4. The summed E-state index contributed by atoms with van der Waals surface area (Å²) in [6, 6.07) is 2.04. The lowest BCUT2D eigenvalue weighted by atomic mass is 10.0. The summed E-state index contributed by atoms with van der Waals surface area (Å²) in [5.41, 5.74) is 11.6. The van der Waals surface area contributed by atoms with Crippen LogP contribution in [0.1, 0.15) is 57.0 Å². The Kier molecular flexibility index (Phi) is 8.93. The number of piperazine rings is 1. The molecule has 3 aromatic rings. The highest BCUT2D eigenvalue weighted by atomic mass is 19.1. The SMILES string of the molecule is C=C(F)C(=O)N1C[C@H](C)N(c2nc(=O)n(-c3c(CCCN)ccnc3C(C)C)c3nc(C4=C=C=CC=C4F)c(F)cc23)C[C@H]1C. The molecule has 4 heterocycles. The number of nitrogens with two attached hydrogens (primary N) is 1. The van der Waals surface area contributed by atoms with Gasteiger partial charge in [0.05, 0.1) is 22.3 Å². The molecule has 2 N–H and O–H groups in total. The third-order valence-electron chi connectivity index (χ3n) is 8.00. The number of rotatable bonds is 8. The van der Waals surface area contributed by atoms with Crippen LogP contribution in [0.5, 0.6) is 0 Å². The van der Waals surface area contributed by atoms with Gasteiger partial charge in [0.15, 0.2) is 17.3 Å². The number of aryl methyl sites for hydroxylation is 1. The van der Waals surface area contributed by atoms with Gasteiger partial charge in [0.25, 0.3) is 5.91 Å². The van der Waals surface area contributed by atoms with Crippen molar-refractivity contribution in [2.75, 3.05) is 24.5 Å². The van der Waals surface area contributed by atoms with E-state index < -0.39 is 41.2 Å². The first-order chi connectivity index (χ1) is 21.4. The van der Waals surface area contributed by atoms with Crippen molar-refractivity contribution in [2.24, 2.45) is 5.73 Å². The molecular weight excluding hydrogens is 583 g/mol. The predicted molar refractivity (Wildman–Crippen MR) is 167 cm³/mol. The number of hydrogen-bond donors (Lipinski definition) is 1. The lowest BCUT2D eigenvalue weighted by Gasteiger charge is -2.44. The quantitative estimate of drug-likeness (QED) is 0.286. The number of hydrogen-bond acceptors (Lipinski definition) is 7. The smallest absolute Gasteiger partial charge is 0.349 e. The van der Waals surface area contributed by atoms with Crippen molar-refractivity contribution in [3.05, 3.63) is 93.4 Å². The average Bonchev–Trinajstić information content (AvgIpc) is 3.00. The average molecular weight is 618 g/mol. The molecule has 0 bridgehead atoms. The van der Waals surface area contributed by atoms with Crippen molar-refractivity contribution in [2.45, 2.75) is 58.5 Å². The van der Waals surface area contributed by atoms with E-state index in [9.17, 15) is 18.4 Å². The minimum atomic E-state index is -1.07. The minimum absolute atomic E-state index is 0.0393. The second-order valence-corrected chi connectivity index (χ2v) is 11.5. The number of nitrogens with zero attached hydrogens (tertiary/aromatic N) is 6. The summed E-state index contributed by atoms with van der Waals surface area (Å²) in [5.74, 6) is -3.48. The number of amides is 1. The van der Waals surface area contributed by atoms with Crippen LogP contribution in [-0.4, -0.2) is 62.0 Å². The number of halogens is 3. The lowest BCUT2D eigenvalue weighted by molar-refractivity contribution is -0.131. The van der Waals surface area contributed by atoms with Crippen LogP contribution in [0, 0.1) is 5.82 Å². The van der Waals surface area contributed by atoms with E-state index in [0.29, 0.717) is 30.8 Å². The van der Waals surface area contributed by atoms with Gasteiger partial charge >= 0.3 is 5.69 Å². The zero-order valence-corrected chi connectivity index (χ0v) is 25.6. The van der Waals surface area contributed by atoms with Crippen molar-refractivity contribution in [3.63, 3.8) is 0 Å². The van der Waals surface area contributed by atoms with Gasteiger partial charge in [-0.05, 0) is 69.0 Å². The van der Waals surface area contributed by atoms with Crippen molar-refractivity contribution >= 4 is 28.3 Å². The summed E-state index contributed by atoms with van der Waals surface area (Å²) in [5, 5.41) is 0.188. The molecule has 0 unspecified atom stereocenters. The molecule has 1 fully saturated rings. The second-order valence-electron chi connectivity index (χ2n) is 11.5. The number of fused-ring (bicyclic) bond motifs is 1. The van der Waals surface area contributed by atoms with E-state index in [1.54, 1.807) is 31.0 Å². The van der Waals surface area contributed by atoms with E-state index in [2.05, 4.69) is 33.0 Å². The first kappa shape index (κ1) is 31.7. The molecule has 1 saturated heterocycles. The molecule has 5 rings (SSSR count). The summed E-state index contributed by atoms with van der Waals surface area (Å²) in [7, 11) is 0. The first-order valence-electron chi connectivity index (χ1n) is 14.8. The van der Waals surface area contributed by atoms with Gasteiger partial charge in [-0.15, -0.1) is 0 Å². The van der Waals surface area contributed by atoms with E-state index in [1.165, 1.54) is 21.6 Å². The molecule has 1 aliphatic carbocycles. The first-order valence-corrected chi connectivity index (χ1v) is 14.8. The van der Waals surface area contributed by atoms with Crippen LogP contribution in [0.25, 0.3) is 22.3 Å². The molecule has 0 spiro atoms. The Labute approximate surface area is 258 Å². The van der Waals surface area contributed by atoms with Crippen LogP contribution >= 0.6 is 0 Å². The molecule has 0 saturated carbocycles. The highest BCUT2D eigenvalue weighted by Crippen LogP contribution is 2.35. The Morgan fingerprint density at radius 3 is 2.62 bits per heavy atom.